The fraction of sp³-hybridized carbons (Fsp3) is 0.940. The molecule has 0 aliphatic rings. The van der Waals surface area contributed by atoms with Crippen LogP contribution in [0.1, 0.15) is 272 Å². The van der Waals surface area contributed by atoms with Gasteiger partial charge < -0.3 is 14.2 Å². The molecule has 0 saturated heterocycles. The summed E-state index contributed by atoms with van der Waals surface area (Å²) in [6.07, 6.45) is 42.3. The van der Waals surface area contributed by atoms with Crippen LogP contribution in [0, 0.1) is 11.8 Å². The lowest BCUT2D eigenvalue weighted by Gasteiger charge is -2.18. The molecule has 0 aromatic rings. The number of carbonyl (C=O) groups excluding carboxylic acids is 3. The average molecular weight is 793 g/mol. The summed E-state index contributed by atoms with van der Waals surface area (Å²) in [4.78, 5) is 37.8. The molecule has 2 atom stereocenters. The summed E-state index contributed by atoms with van der Waals surface area (Å²) < 4.78 is 16.8. The smallest absolute Gasteiger partial charge is 0.306 e. The number of esters is 3. The van der Waals surface area contributed by atoms with Gasteiger partial charge in [0, 0.05) is 19.3 Å². The zero-order valence-electron chi connectivity index (χ0n) is 38.3. The maximum Gasteiger partial charge on any atom is 0.306 e. The van der Waals surface area contributed by atoms with Crippen molar-refractivity contribution in [2.24, 2.45) is 11.8 Å². The SMILES string of the molecule is CCCCCCCCCCCCCC(=O)OC[C@@H](COC(=O)CCCCCCCCCCCCCCCCC(C)C)OC(=O)CCCCCCCCC(C)CC. The second-order valence-electron chi connectivity index (χ2n) is 17.8. The van der Waals surface area contributed by atoms with Gasteiger partial charge in [-0.25, -0.2) is 0 Å². The zero-order valence-corrected chi connectivity index (χ0v) is 38.3. The number of rotatable bonds is 44. The molecule has 56 heavy (non-hydrogen) atoms. The van der Waals surface area contributed by atoms with Gasteiger partial charge in [0.2, 0.25) is 0 Å². The van der Waals surface area contributed by atoms with Crippen LogP contribution in [0.25, 0.3) is 0 Å². The molecule has 0 amide bonds. The van der Waals surface area contributed by atoms with Crippen LogP contribution in [0.3, 0.4) is 0 Å². The summed E-state index contributed by atoms with van der Waals surface area (Å²) in [6.45, 7) is 11.3. The largest absolute Gasteiger partial charge is 0.462 e. The van der Waals surface area contributed by atoms with Crippen LogP contribution in [0.15, 0.2) is 0 Å². The minimum Gasteiger partial charge on any atom is -0.462 e. The fourth-order valence-corrected chi connectivity index (χ4v) is 7.43. The van der Waals surface area contributed by atoms with Crippen LogP contribution in [-0.4, -0.2) is 37.2 Å². The molecule has 6 nitrogen and oxygen atoms in total. The Morgan fingerprint density at radius 2 is 0.679 bits per heavy atom. The highest BCUT2D eigenvalue weighted by atomic mass is 16.6. The molecule has 332 valence electrons. The van der Waals surface area contributed by atoms with Crippen LogP contribution >= 0.6 is 0 Å². The molecule has 0 heterocycles. The summed E-state index contributed by atoms with van der Waals surface area (Å²) in [5, 5.41) is 0. The van der Waals surface area contributed by atoms with Crippen LogP contribution in [0.2, 0.25) is 0 Å². The van der Waals surface area contributed by atoms with Crippen molar-refractivity contribution in [2.75, 3.05) is 13.2 Å². The highest BCUT2D eigenvalue weighted by Crippen LogP contribution is 2.17. The predicted molar refractivity (Wildman–Crippen MR) is 238 cm³/mol. The quantitative estimate of drug-likeness (QED) is 0.0347. The first-order valence-electron chi connectivity index (χ1n) is 24.8. The summed E-state index contributed by atoms with van der Waals surface area (Å²) in [7, 11) is 0. The van der Waals surface area contributed by atoms with Crippen molar-refractivity contribution in [3.63, 3.8) is 0 Å². The van der Waals surface area contributed by atoms with Gasteiger partial charge in [-0.05, 0) is 31.1 Å². The van der Waals surface area contributed by atoms with Crippen molar-refractivity contribution < 1.29 is 28.6 Å². The Morgan fingerprint density at radius 1 is 0.375 bits per heavy atom. The molecule has 0 saturated carbocycles. The third-order valence-corrected chi connectivity index (χ3v) is 11.6. The lowest BCUT2D eigenvalue weighted by atomic mass is 10.00. The monoisotopic (exact) mass is 793 g/mol. The van der Waals surface area contributed by atoms with E-state index in [1.54, 1.807) is 0 Å². The Morgan fingerprint density at radius 3 is 1.02 bits per heavy atom. The molecule has 0 rings (SSSR count). The molecule has 0 spiro atoms. The van der Waals surface area contributed by atoms with Gasteiger partial charge in [-0.2, -0.15) is 0 Å². The number of hydrogen-bond donors (Lipinski definition) is 0. The van der Waals surface area contributed by atoms with Gasteiger partial charge >= 0.3 is 17.9 Å². The summed E-state index contributed by atoms with van der Waals surface area (Å²) in [6, 6.07) is 0. The molecule has 0 aromatic carbocycles. The molecular weight excluding hydrogens is 697 g/mol. The molecule has 0 bridgehead atoms. The Balaban J connectivity index is 4.27. The molecule has 0 fully saturated rings. The molecule has 0 aliphatic carbocycles. The van der Waals surface area contributed by atoms with E-state index in [0.717, 1.165) is 69.6 Å². The van der Waals surface area contributed by atoms with Crippen LogP contribution in [0.4, 0.5) is 0 Å². The average Bonchev–Trinajstić information content (AvgIpc) is 3.18. The van der Waals surface area contributed by atoms with Crippen molar-refractivity contribution in [3.8, 4) is 0 Å². The Kier molecular flexibility index (Phi) is 41.8. The fourth-order valence-electron chi connectivity index (χ4n) is 7.43. The number of unbranched alkanes of at least 4 members (excludes halogenated alkanes) is 28. The Hall–Kier alpha value is -1.59. The van der Waals surface area contributed by atoms with E-state index in [0.29, 0.717) is 19.3 Å². The molecule has 1 unspecified atom stereocenters. The second-order valence-corrected chi connectivity index (χ2v) is 17.8. The lowest BCUT2D eigenvalue weighted by Crippen LogP contribution is -2.30. The van der Waals surface area contributed by atoms with Crippen LogP contribution < -0.4 is 0 Å². The second kappa shape index (κ2) is 43.0. The van der Waals surface area contributed by atoms with Crippen molar-refractivity contribution in [3.05, 3.63) is 0 Å². The third kappa shape index (κ3) is 42.0. The third-order valence-electron chi connectivity index (χ3n) is 11.6. The van der Waals surface area contributed by atoms with E-state index < -0.39 is 6.10 Å². The van der Waals surface area contributed by atoms with Gasteiger partial charge in [0.1, 0.15) is 13.2 Å². The highest BCUT2D eigenvalue weighted by molar-refractivity contribution is 5.71. The van der Waals surface area contributed by atoms with Crippen molar-refractivity contribution >= 4 is 17.9 Å². The number of carbonyl (C=O) groups is 3. The molecule has 0 aliphatic heterocycles. The van der Waals surface area contributed by atoms with E-state index in [2.05, 4.69) is 34.6 Å². The first-order chi connectivity index (χ1) is 27.3. The standard InChI is InChI=1S/C50H96O6/c1-6-8-9-10-11-12-17-21-24-30-35-40-48(51)54-43-47(56-50(53)42-37-32-27-26-29-34-39-46(5)7-2)44-55-49(52)41-36-31-25-22-19-16-14-13-15-18-20-23-28-33-38-45(3)4/h45-47H,6-44H2,1-5H3/t46?,47-/m0/s1. The van der Waals surface area contributed by atoms with E-state index >= 15 is 0 Å². The number of ether oxygens (including phenoxy) is 3. The van der Waals surface area contributed by atoms with E-state index in [9.17, 15) is 14.4 Å². The maximum atomic E-state index is 12.7. The van der Waals surface area contributed by atoms with Gasteiger partial charge in [0.15, 0.2) is 6.10 Å². The molecule has 6 heteroatoms. The molecule has 0 radical (unpaired) electrons. The van der Waals surface area contributed by atoms with Gasteiger partial charge in [-0.15, -0.1) is 0 Å². The lowest BCUT2D eigenvalue weighted by molar-refractivity contribution is -0.167. The predicted octanol–water partition coefficient (Wildman–Crippen LogP) is 15.8. The van der Waals surface area contributed by atoms with Crippen LogP contribution in [0.5, 0.6) is 0 Å². The van der Waals surface area contributed by atoms with Gasteiger partial charge in [0.05, 0.1) is 0 Å². The van der Waals surface area contributed by atoms with Gasteiger partial charge in [0.25, 0.3) is 0 Å². The summed E-state index contributed by atoms with van der Waals surface area (Å²) in [5.74, 6) is 0.800. The van der Waals surface area contributed by atoms with E-state index in [1.165, 1.54) is 161 Å². The summed E-state index contributed by atoms with van der Waals surface area (Å²) >= 11 is 0. The highest BCUT2D eigenvalue weighted by Gasteiger charge is 2.19. The van der Waals surface area contributed by atoms with Crippen molar-refractivity contribution in [1.29, 1.82) is 0 Å². The molecular formula is C50H96O6. The Labute approximate surface area is 348 Å². The minimum absolute atomic E-state index is 0.0649. The first-order valence-corrected chi connectivity index (χ1v) is 24.8. The summed E-state index contributed by atoms with van der Waals surface area (Å²) in [5.41, 5.74) is 0. The topological polar surface area (TPSA) is 78.9 Å². The first kappa shape index (κ1) is 54.4. The van der Waals surface area contributed by atoms with Gasteiger partial charge in [-0.3, -0.25) is 14.4 Å². The zero-order chi connectivity index (χ0) is 41.2. The minimum atomic E-state index is -0.761. The number of hydrogen-bond acceptors (Lipinski definition) is 6. The van der Waals surface area contributed by atoms with Gasteiger partial charge in [-0.1, -0.05) is 234 Å². The van der Waals surface area contributed by atoms with E-state index in [4.69, 9.17) is 14.2 Å². The molecule has 0 N–H and O–H groups in total. The normalized spacial score (nSPS) is 12.5. The Bertz CT molecular complexity index is 856. The van der Waals surface area contributed by atoms with Crippen molar-refractivity contribution in [2.45, 2.75) is 278 Å². The van der Waals surface area contributed by atoms with E-state index in [-0.39, 0.29) is 31.1 Å². The van der Waals surface area contributed by atoms with E-state index in [1.807, 2.05) is 0 Å². The maximum absolute atomic E-state index is 12.7. The van der Waals surface area contributed by atoms with Crippen LogP contribution in [-0.2, 0) is 28.6 Å². The van der Waals surface area contributed by atoms with Crippen molar-refractivity contribution in [1.82, 2.24) is 0 Å². The molecule has 0 aromatic heterocycles.